The Balaban J connectivity index is 2.26. The fourth-order valence-electron chi connectivity index (χ4n) is 2.03. The zero-order chi connectivity index (χ0) is 13.1. The first-order chi connectivity index (χ1) is 8.63. The average molecular weight is 250 g/mol. The highest BCUT2D eigenvalue weighted by atomic mass is 16.6. The quantitative estimate of drug-likeness (QED) is 0.504. The van der Waals surface area contributed by atoms with Crippen molar-refractivity contribution >= 4 is 17.3 Å². The van der Waals surface area contributed by atoms with Crippen LogP contribution in [0, 0.1) is 10.1 Å². The molecule has 1 N–H and O–H groups in total. The van der Waals surface area contributed by atoms with Gasteiger partial charge in [0.15, 0.2) is 6.10 Å². The number of nitrogens with zero attached hydrogens (tertiary/aromatic N) is 1. The number of hydrogen-bond acceptors (Lipinski definition) is 5. The molecule has 6 heteroatoms. The number of esters is 1. The highest BCUT2D eigenvalue weighted by Gasteiger charge is 2.32. The van der Waals surface area contributed by atoms with Crippen LogP contribution in [0.2, 0.25) is 0 Å². The molecule has 18 heavy (non-hydrogen) atoms. The maximum atomic E-state index is 11.5. The number of nitro groups is 1. The van der Waals surface area contributed by atoms with E-state index in [1.807, 2.05) is 6.92 Å². The summed E-state index contributed by atoms with van der Waals surface area (Å²) in [6.45, 7) is 2.26. The van der Waals surface area contributed by atoms with E-state index in [-0.39, 0.29) is 11.7 Å². The number of fused-ring (bicyclic) bond motifs is 1. The van der Waals surface area contributed by atoms with Gasteiger partial charge in [-0.2, -0.15) is 0 Å². The summed E-state index contributed by atoms with van der Waals surface area (Å²) in [4.78, 5) is 22.0. The minimum absolute atomic E-state index is 0.00759. The van der Waals surface area contributed by atoms with E-state index in [0.717, 1.165) is 0 Å². The molecule has 0 fully saturated rings. The number of rotatable bonds is 4. The summed E-state index contributed by atoms with van der Waals surface area (Å²) >= 11 is 0. The van der Waals surface area contributed by atoms with Crippen LogP contribution in [0.15, 0.2) is 18.2 Å². The largest absolute Gasteiger partial charge is 0.455 e. The summed E-state index contributed by atoms with van der Waals surface area (Å²) in [6.07, 6.45) is 0.454. The summed E-state index contributed by atoms with van der Waals surface area (Å²) in [5.41, 5.74) is 1.12. The first kappa shape index (κ1) is 12.3. The first-order valence-corrected chi connectivity index (χ1v) is 5.84. The zero-order valence-electron chi connectivity index (χ0n) is 10.0. The van der Waals surface area contributed by atoms with Crippen LogP contribution in [0.25, 0.3) is 0 Å². The van der Waals surface area contributed by atoms with Crippen LogP contribution in [0.5, 0.6) is 0 Å². The molecule has 1 aromatic rings. The monoisotopic (exact) mass is 250 g/mol. The third kappa shape index (κ3) is 2.27. The smallest absolute Gasteiger partial charge is 0.306 e. The van der Waals surface area contributed by atoms with Crippen molar-refractivity contribution in [2.45, 2.75) is 25.9 Å². The topological polar surface area (TPSA) is 81.5 Å². The third-order valence-corrected chi connectivity index (χ3v) is 2.81. The number of carbonyl (C=O) groups excluding carboxylic acids is 1. The normalized spacial score (nSPS) is 16.8. The SMILES string of the molecule is CCCC(=O)OC1CNc2cccc([N+](=O)[O-])c21. The Bertz CT molecular complexity index is 487. The molecule has 0 amide bonds. The van der Waals surface area contributed by atoms with Crippen LogP contribution < -0.4 is 5.32 Å². The Kier molecular flexibility index (Phi) is 3.45. The van der Waals surface area contributed by atoms with Gasteiger partial charge in [0, 0.05) is 18.2 Å². The van der Waals surface area contributed by atoms with E-state index in [1.54, 1.807) is 12.1 Å². The molecule has 1 aliphatic rings. The second-order valence-corrected chi connectivity index (χ2v) is 4.10. The van der Waals surface area contributed by atoms with Gasteiger partial charge in [-0.3, -0.25) is 14.9 Å². The summed E-state index contributed by atoms with van der Waals surface area (Å²) in [6, 6.07) is 4.78. The van der Waals surface area contributed by atoms with Crippen LogP contribution in [0.4, 0.5) is 11.4 Å². The molecule has 0 bridgehead atoms. The fourth-order valence-corrected chi connectivity index (χ4v) is 2.03. The molecule has 1 unspecified atom stereocenters. The molecule has 0 aromatic heterocycles. The summed E-state index contributed by atoms with van der Waals surface area (Å²) < 4.78 is 5.26. The van der Waals surface area contributed by atoms with Crippen LogP contribution in [-0.4, -0.2) is 17.4 Å². The fraction of sp³-hybridized carbons (Fsp3) is 0.417. The molecule has 1 atom stereocenters. The summed E-state index contributed by atoms with van der Waals surface area (Å²) in [5, 5.41) is 14.0. The molecule has 0 aliphatic carbocycles. The van der Waals surface area contributed by atoms with Gasteiger partial charge in [0.1, 0.15) is 0 Å². The number of benzene rings is 1. The molecule has 2 rings (SSSR count). The average Bonchev–Trinajstić information content (AvgIpc) is 2.72. The van der Waals surface area contributed by atoms with Gasteiger partial charge in [-0.15, -0.1) is 0 Å². The maximum Gasteiger partial charge on any atom is 0.306 e. The molecule has 1 heterocycles. The predicted octanol–water partition coefficient (Wildman–Crippen LogP) is 2.40. The highest BCUT2D eigenvalue weighted by Crippen LogP contribution is 2.38. The second-order valence-electron chi connectivity index (χ2n) is 4.10. The zero-order valence-corrected chi connectivity index (χ0v) is 10.0. The van der Waals surface area contributed by atoms with E-state index in [0.29, 0.717) is 30.6 Å². The molecule has 6 nitrogen and oxygen atoms in total. The van der Waals surface area contributed by atoms with E-state index in [4.69, 9.17) is 4.74 Å². The van der Waals surface area contributed by atoms with Crippen LogP contribution in [-0.2, 0) is 9.53 Å². The second kappa shape index (κ2) is 5.03. The molecule has 0 spiro atoms. The standard InChI is InChI=1S/C12H14N2O4/c1-2-4-11(15)18-10-7-13-8-5-3-6-9(12(8)10)14(16)17/h3,5-6,10,13H,2,4,7H2,1H3. The first-order valence-electron chi connectivity index (χ1n) is 5.84. The van der Waals surface area contributed by atoms with Gasteiger partial charge >= 0.3 is 5.97 Å². The van der Waals surface area contributed by atoms with E-state index >= 15 is 0 Å². The number of nitro benzene ring substituents is 1. The van der Waals surface area contributed by atoms with Crippen molar-refractivity contribution in [1.82, 2.24) is 0 Å². The van der Waals surface area contributed by atoms with Gasteiger partial charge in [0.05, 0.1) is 17.0 Å². The van der Waals surface area contributed by atoms with Crippen molar-refractivity contribution in [2.24, 2.45) is 0 Å². The Morgan fingerprint density at radius 1 is 1.61 bits per heavy atom. The van der Waals surface area contributed by atoms with Crippen LogP contribution >= 0.6 is 0 Å². The molecule has 96 valence electrons. The van der Waals surface area contributed by atoms with Crippen LogP contribution in [0.3, 0.4) is 0 Å². The number of carbonyl (C=O) groups is 1. The predicted molar refractivity (Wildman–Crippen MR) is 65.3 cm³/mol. The van der Waals surface area contributed by atoms with Crippen molar-refractivity contribution in [3.63, 3.8) is 0 Å². The lowest BCUT2D eigenvalue weighted by Gasteiger charge is -2.11. The lowest BCUT2D eigenvalue weighted by Crippen LogP contribution is -2.13. The molecule has 0 saturated heterocycles. The van der Waals surface area contributed by atoms with Crippen LogP contribution in [0.1, 0.15) is 31.4 Å². The van der Waals surface area contributed by atoms with Crippen molar-refractivity contribution in [1.29, 1.82) is 0 Å². The van der Waals surface area contributed by atoms with Gasteiger partial charge in [-0.1, -0.05) is 13.0 Å². The highest BCUT2D eigenvalue weighted by molar-refractivity contribution is 5.72. The van der Waals surface area contributed by atoms with Gasteiger partial charge in [0.25, 0.3) is 5.69 Å². The van der Waals surface area contributed by atoms with Crippen molar-refractivity contribution in [2.75, 3.05) is 11.9 Å². The number of hydrogen-bond donors (Lipinski definition) is 1. The van der Waals surface area contributed by atoms with Crippen molar-refractivity contribution in [3.8, 4) is 0 Å². The Hall–Kier alpha value is -2.11. The number of ether oxygens (including phenoxy) is 1. The molecule has 1 aliphatic heterocycles. The molecule has 1 aromatic carbocycles. The molecule has 0 radical (unpaired) electrons. The van der Waals surface area contributed by atoms with Crippen molar-refractivity contribution in [3.05, 3.63) is 33.9 Å². The van der Waals surface area contributed by atoms with Gasteiger partial charge < -0.3 is 10.1 Å². The number of nitrogens with one attached hydrogen (secondary N) is 1. The molecule has 0 saturated carbocycles. The number of anilines is 1. The van der Waals surface area contributed by atoms with E-state index in [1.165, 1.54) is 6.07 Å². The van der Waals surface area contributed by atoms with Gasteiger partial charge in [0.2, 0.25) is 0 Å². The van der Waals surface area contributed by atoms with Gasteiger partial charge in [-0.05, 0) is 12.5 Å². The van der Waals surface area contributed by atoms with E-state index in [9.17, 15) is 14.9 Å². The van der Waals surface area contributed by atoms with Crippen molar-refractivity contribution < 1.29 is 14.5 Å². The summed E-state index contributed by atoms with van der Waals surface area (Å²) in [5.74, 6) is -0.324. The third-order valence-electron chi connectivity index (χ3n) is 2.81. The molecular weight excluding hydrogens is 236 g/mol. The molecular formula is C12H14N2O4. The lowest BCUT2D eigenvalue weighted by atomic mass is 10.1. The summed E-state index contributed by atoms with van der Waals surface area (Å²) in [7, 11) is 0. The van der Waals surface area contributed by atoms with E-state index in [2.05, 4.69) is 5.32 Å². The minimum Gasteiger partial charge on any atom is -0.455 e. The van der Waals surface area contributed by atoms with Gasteiger partial charge in [-0.25, -0.2) is 0 Å². The lowest BCUT2D eigenvalue weighted by molar-refractivity contribution is -0.386. The minimum atomic E-state index is -0.569. The Morgan fingerprint density at radius 2 is 2.39 bits per heavy atom. The maximum absolute atomic E-state index is 11.5. The Morgan fingerprint density at radius 3 is 3.06 bits per heavy atom. The Labute approximate surface area is 104 Å². The van der Waals surface area contributed by atoms with E-state index < -0.39 is 11.0 Å².